The molecule has 0 saturated carbocycles. The Balaban J connectivity index is 2.06. The normalized spacial score (nSPS) is 12.2. The average Bonchev–Trinajstić information content (AvgIpc) is 2.48. The third kappa shape index (κ3) is 3.75. The highest BCUT2D eigenvalue weighted by Gasteiger charge is 2.04. The van der Waals surface area contributed by atoms with Crippen molar-refractivity contribution in [3.8, 4) is 11.5 Å². The predicted molar refractivity (Wildman–Crippen MR) is 80.0 cm³/mol. The molecular weight excluding hydrogens is 256 g/mol. The Bertz CT molecular complexity index is 505. The van der Waals surface area contributed by atoms with Crippen LogP contribution >= 0.6 is 11.8 Å². The summed E-state index contributed by atoms with van der Waals surface area (Å²) >= 11 is 1.71. The third-order valence-corrected chi connectivity index (χ3v) is 3.69. The molecule has 0 unspecified atom stereocenters. The number of thioether (sulfide) groups is 1. The van der Waals surface area contributed by atoms with Crippen molar-refractivity contribution in [3.63, 3.8) is 0 Å². The molecule has 3 heteroatoms. The molecule has 0 aliphatic rings. The van der Waals surface area contributed by atoms with Crippen LogP contribution in [-0.2, 0) is 0 Å². The van der Waals surface area contributed by atoms with Gasteiger partial charge in [0.15, 0.2) is 0 Å². The van der Waals surface area contributed by atoms with Crippen molar-refractivity contribution in [1.29, 1.82) is 0 Å². The summed E-state index contributed by atoms with van der Waals surface area (Å²) in [6, 6.07) is 15.6. The number of benzene rings is 2. The standard InChI is InChI=1S/C16H18O2S/c1-3-16(17)12-4-6-13(7-5-12)18-14-8-10-15(19-2)11-9-14/h4-11,16-17H,3H2,1-2H3/t16-/m1/s1. The number of hydrogen-bond donors (Lipinski definition) is 1. The Morgan fingerprint density at radius 1 is 1.00 bits per heavy atom. The molecule has 2 aromatic carbocycles. The van der Waals surface area contributed by atoms with Crippen LogP contribution in [0.25, 0.3) is 0 Å². The minimum absolute atomic E-state index is 0.394. The molecule has 0 saturated heterocycles. The Hall–Kier alpha value is -1.45. The van der Waals surface area contributed by atoms with Gasteiger partial charge in [0.2, 0.25) is 0 Å². The zero-order valence-electron chi connectivity index (χ0n) is 11.2. The minimum Gasteiger partial charge on any atom is -0.457 e. The molecule has 0 bridgehead atoms. The highest BCUT2D eigenvalue weighted by molar-refractivity contribution is 7.98. The summed E-state index contributed by atoms with van der Waals surface area (Å²) in [5.41, 5.74) is 0.924. The molecule has 1 N–H and O–H groups in total. The van der Waals surface area contributed by atoms with Crippen LogP contribution in [0.2, 0.25) is 0 Å². The highest BCUT2D eigenvalue weighted by Crippen LogP contribution is 2.26. The maximum absolute atomic E-state index is 9.72. The molecule has 100 valence electrons. The number of aliphatic hydroxyl groups is 1. The molecule has 0 aliphatic heterocycles. The lowest BCUT2D eigenvalue weighted by Gasteiger charge is -2.10. The molecule has 0 fully saturated rings. The average molecular weight is 274 g/mol. The van der Waals surface area contributed by atoms with E-state index in [-0.39, 0.29) is 0 Å². The Kier molecular flexibility index (Phi) is 4.88. The van der Waals surface area contributed by atoms with Gasteiger partial charge in [0.1, 0.15) is 11.5 Å². The predicted octanol–water partition coefficient (Wildman–Crippen LogP) is 4.64. The molecule has 2 rings (SSSR count). The fraction of sp³-hybridized carbons (Fsp3) is 0.250. The van der Waals surface area contributed by atoms with Gasteiger partial charge in [0.05, 0.1) is 6.10 Å². The van der Waals surface area contributed by atoms with Crippen LogP contribution in [0, 0.1) is 0 Å². The number of hydrogen-bond acceptors (Lipinski definition) is 3. The van der Waals surface area contributed by atoms with Gasteiger partial charge in [-0.1, -0.05) is 19.1 Å². The Morgan fingerprint density at radius 2 is 1.53 bits per heavy atom. The van der Waals surface area contributed by atoms with Gasteiger partial charge in [-0.05, 0) is 54.6 Å². The lowest BCUT2D eigenvalue weighted by molar-refractivity contribution is 0.173. The van der Waals surface area contributed by atoms with E-state index in [0.29, 0.717) is 0 Å². The lowest BCUT2D eigenvalue weighted by Crippen LogP contribution is -1.94. The van der Waals surface area contributed by atoms with Gasteiger partial charge in [-0.25, -0.2) is 0 Å². The first-order valence-corrected chi connectivity index (χ1v) is 7.55. The molecule has 0 heterocycles. The van der Waals surface area contributed by atoms with Crippen molar-refractivity contribution in [2.45, 2.75) is 24.3 Å². The topological polar surface area (TPSA) is 29.5 Å². The summed E-state index contributed by atoms with van der Waals surface area (Å²) in [4.78, 5) is 1.22. The summed E-state index contributed by atoms with van der Waals surface area (Å²) in [6.45, 7) is 1.96. The number of rotatable bonds is 5. The van der Waals surface area contributed by atoms with Gasteiger partial charge in [-0.3, -0.25) is 0 Å². The smallest absolute Gasteiger partial charge is 0.127 e. The molecule has 19 heavy (non-hydrogen) atoms. The second-order valence-corrected chi connectivity index (χ2v) is 5.15. The molecule has 0 aliphatic carbocycles. The van der Waals surface area contributed by atoms with Crippen LogP contribution < -0.4 is 4.74 Å². The second-order valence-electron chi connectivity index (χ2n) is 4.27. The van der Waals surface area contributed by atoms with E-state index >= 15 is 0 Å². The molecule has 0 amide bonds. The zero-order valence-corrected chi connectivity index (χ0v) is 12.0. The maximum Gasteiger partial charge on any atom is 0.127 e. The van der Waals surface area contributed by atoms with Gasteiger partial charge < -0.3 is 9.84 Å². The highest BCUT2D eigenvalue weighted by atomic mass is 32.2. The Labute approximate surface area is 118 Å². The molecular formula is C16H18O2S. The fourth-order valence-electron chi connectivity index (χ4n) is 1.77. The van der Waals surface area contributed by atoms with E-state index in [1.165, 1.54) is 4.90 Å². The van der Waals surface area contributed by atoms with Crippen LogP contribution in [0.4, 0.5) is 0 Å². The van der Waals surface area contributed by atoms with Gasteiger partial charge in [-0.15, -0.1) is 11.8 Å². The van der Waals surface area contributed by atoms with E-state index in [4.69, 9.17) is 4.74 Å². The SMILES string of the molecule is CC[C@@H](O)c1ccc(Oc2ccc(SC)cc2)cc1. The first-order chi connectivity index (χ1) is 9.22. The monoisotopic (exact) mass is 274 g/mol. The van der Waals surface area contributed by atoms with Gasteiger partial charge >= 0.3 is 0 Å². The van der Waals surface area contributed by atoms with E-state index in [1.807, 2.05) is 61.7 Å². The largest absolute Gasteiger partial charge is 0.457 e. The first-order valence-electron chi connectivity index (χ1n) is 6.33. The summed E-state index contributed by atoms with van der Waals surface area (Å²) in [6.07, 6.45) is 2.37. The fourth-order valence-corrected chi connectivity index (χ4v) is 2.18. The number of aliphatic hydroxyl groups excluding tert-OH is 1. The summed E-state index contributed by atoms with van der Waals surface area (Å²) in [7, 11) is 0. The Morgan fingerprint density at radius 3 is 2.00 bits per heavy atom. The summed E-state index contributed by atoms with van der Waals surface area (Å²) < 4.78 is 5.76. The van der Waals surface area contributed by atoms with Gasteiger partial charge in [0, 0.05) is 4.90 Å². The summed E-state index contributed by atoms with van der Waals surface area (Å²) in [5.74, 6) is 1.60. The third-order valence-electron chi connectivity index (χ3n) is 2.95. The summed E-state index contributed by atoms with van der Waals surface area (Å²) in [5, 5.41) is 9.72. The van der Waals surface area contributed by atoms with Crippen molar-refractivity contribution in [2.24, 2.45) is 0 Å². The number of ether oxygens (including phenoxy) is 1. The van der Waals surface area contributed by atoms with Crippen molar-refractivity contribution < 1.29 is 9.84 Å². The van der Waals surface area contributed by atoms with Crippen molar-refractivity contribution >= 4 is 11.8 Å². The van der Waals surface area contributed by atoms with Crippen LogP contribution in [0.5, 0.6) is 11.5 Å². The second kappa shape index (κ2) is 6.64. The quantitative estimate of drug-likeness (QED) is 0.805. The van der Waals surface area contributed by atoms with Crippen LogP contribution in [0.3, 0.4) is 0 Å². The van der Waals surface area contributed by atoms with Gasteiger partial charge in [0.25, 0.3) is 0 Å². The first kappa shape index (κ1) is 14.0. The van der Waals surface area contributed by atoms with Crippen molar-refractivity contribution in [2.75, 3.05) is 6.26 Å². The van der Waals surface area contributed by atoms with Crippen molar-refractivity contribution in [3.05, 3.63) is 54.1 Å². The molecule has 0 aromatic heterocycles. The van der Waals surface area contributed by atoms with E-state index in [1.54, 1.807) is 11.8 Å². The molecule has 0 spiro atoms. The molecule has 2 nitrogen and oxygen atoms in total. The molecule has 2 aromatic rings. The lowest BCUT2D eigenvalue weighted by atomic mass is 10.1. The minimum atomic E-state index is -0.394. The zero-order chi connectivity index (χ0) is 13.7. The van der Waals surface area contributed by atoms with Crippen LogP contribution in [0.1, 0.15) is 25.0 Å². The maximum atomic E-state index is 9.72. The van der Waals surface area contributed by atoms with E-state index in [2.05, 4.69) is 0 Å². The van der Waals surface area contributed by atoms with Crippen LogP contribution in [-0.4, -0.2) is 11.4 Å². The van der Waals surface area contributed by atoms with Crippen molar-refractivity contribution in [1.82, 2.24) is 0 Å². The molecule has 1 atom stereocenters. The van der Waals surface area contributed by atoms with E-state index in [9.17, 15) is 5.11 Å². The van der Waals surface area contributed by atoms with Crippen LogP contribution in [0.15, 0.2) is 53.4 Å². The van der Waals surface area contributed by atoms with Gasteiger partial charge in [-0.2, -0.15) is 0 Å². The van der Waals surface area contributed by atoms with E-state index in [0.717, 1.165) is 23.5 Å². The van der Waals surface area contributed by atoms with E-state index < -0.39 is 6.10 Å². The molecule has 0 radical (unpaired) electrons.